The predicted octanol–water partition coefficient (Wildman–Crippen LogP) is 1.92. The highest BCUT2D eigenvalue weighted by molar-refractivity contribution is 5.95. The van der Waals surface area contributed by atoms with Crippen LogP contribution in [0, 0.1) is 12.3 Å². The fraction of sp³-hybridized carbons (Fsp3) is 0.583. The molecule has 1 saturated carbocycles. The minimum Gasteiger partial charge on any atom is -0.446 e. The predicted molar refractivity (Wildman–Crippen MR) is 62.3 cm³/mol. The summed E-state index contributed by atoms with van der Waals surface area (Å²) in [5.74, 6) is 1.43. The van der Waals surface area contributed by atoms with Gasteiger partial charge in [0, 0.05) is 12.6 Å². The Morgan fingerprint density at radius 2 is 2.25 bits per heavy atom. The number of rotatable bonds is 4. The largest absolute Gasteiger partial charge is 0.446 e. The van der Waals surface area contributed by atoms with Crippen molar-refractivity contribution >= 4 is 11.8 Å². The summed E-state index contributed by atoms with van der Waals surface area (Å²) >= 11 is 0. The van der Waals surface area contributed by atoms with Crippen molar-refractivity contribution in [3.8, 4) is 0 Å². The van der Waals surface area contributed by atoms with Gasteiger partial charge in [-0.3, -0.25) is 10.1 Å². The summed E-state index contributed by atoms with van der Waals surface area (Å²) in [6.07, 6.45) is 3.05. The highest BCUT2D eigenvalue weighted by Gasteiger charge is 2.43. The van der Waals surface area contributed by atoms with E-state index in [0.717, 1.165) is 31.6 Å². The van der Waals surface area contributed by atoms with E-state index < -0.39 is 0 Å². The minimum atomic E-state index is -0.227. The lowest BCUT2D eigenvalue weighted by Gasteiger charge is -2.39. The molecule has 1 aliphatic rings. The van der Waals surface area contributed by atoms with E-state index in [9.17, 15) is 4.79 Å². The summed E-state index contributed by atoms with van der Waals surface area (Å²) in [5.41, 5.74) is -0.227. The van der Waals surface area contributed by atoms with Gasteiger partial charge in [0.1, 0.15) is 5.76 Å². The van der Waals surface area contributed by atoms with Crippen molar-refractivity contribution in [1.29, 1.82) is 0 Å². The number of hydrogen-bond donors (Lipinski definition) is 2. The first-order chi connectivity index (χ1) is 7.66. The molecule has 1 heterocycles. The van der Waals surface area contributed by atoms with E-state index in [0.29, 0.717) is 5.88 Å². The molecular weight excluding hydrogens is 204 g/mol. The first-order valence-electron chi connectivity index (χ1n) is 5.69. The van der Waals surface area contributed by atoms with Gasteiger partial charge in [0.15, 0.2) is 5.88 Å². The van der Waals surface area contributed by atoms with Gasteiger partial charge in [0.25, 0.3) is 0 Å². The number of furan rings is 1. The Morgan fingerprint density at radius 3 is 2.69 bits per heavy atom. The molecular formula is C12H18N2O2. The van der Waals surface area contributed by atoms with Crippen LogP contribution >= 0.6 is 0 Å². The van der Waals surface area contributed by atoms with E-state index >= 15 is 0 Å². The zero-order chi connectivity index (χ0) is 11.6. The van der Waals surface area contributed by atoms with Crippen LogP contribution < -0.4 is 10.6 Å². The molecule has 0 aliphatic heterocycles. The van der Waals surface area contributed by atoms with Crippen LogP contribution in [-0.4, -0.2) is 19.5 Å². The fourth-order valence-electron chi connectivity index (χ4n) is 2.17. The highest BCUT2D eigenvalue weighted by Crippen LogP contribution is 2.41. The molecule has 1 amide bonds. The maximum Gasteiger partial charge on any atom is 0.234 e. The normalized spacial score (nSPS) is 17.9. The number of carbonyl (C=O) groups is 1. The molecule has 0 unspecified atom stereocenters. The van der Waals surface area contributed by atoms with Gasteiger partial charge in [0.2, 0.25) is 5.91 Å². The number of hydrogen-bond acceptors (Lipinski definition) is 3. The van der Waals surface area contributed by atoms with Crippen LogP contribution in [0.1, 0.15) is 25.0 Å². The summed E-state index contributed by atoms with van der Waals surface area (Å²) in [7, 11) is 1.88. The first-order valence-corrected chi connectivity index (χ1v) is 5.69. The molecule has 2 rings (SSSR count). The Balaban J connectivity index is 2.01. The van der Waals surface area contributed by atoms with Crippen molar-refractivity contribution in [2.75, 3.05) is 18.9 Å². The smallest absolute Gasteiger partial charge is 0.234 e. The quantitative estimate of drug-likeness (QED) is 0.818. The number of aryl methyl sites for hydroxylation is 1. The molecule has 2 N–H and O–H groups in total. The van der Waals surface area contributed by atoms with Gasteiger partial charge in [0.05, 0.1) is 5.41 Å². The second-order valence-corrected chi connectivity index (χ2v) is 4.53. The van der Waals surface area contributed by atoms with Crippen molar-refractivity contribution in [1.82, 2.24) is 5.32 Å². The second-order valence-electron chi connectivity index (χ2n) is 4.53. The molecule has 0 bridgehead atoms. The molecule has 1 aliphatic carbocycles. The van der Waals surface area contributed by atoms with Gasteiger partial charge in [-0.1, -0.05) is 6.42 Å². The number of nitrogens with one attached hydrogen (secondary N) is 2. The van der Waals surface area contributed by atoms with Crippen molar-refractivity contribution in [3.63, 3.8) is 0 Å². The highest BCUT2D eigenvalue weighted by atomic mass is 16.4. The van der Waals surface area contributed by atoms with Crippen LogP contribution in [-0.2, 0) is 4.79 Å². The van der Waals surface area contributed by atoms with Gasteiger partial charge in [-0.2, -0.15) is 0 Å². The van der Waals surface area contributed by atoms with Crippen LogP contribution in [0.3, 0.4) is 0 Å². The van der Waals surface area contributed by atoms with Crippen molar-refractivity contribution in [2.45, 2.75) is 26.2 Å². The Bertz CT molecular complexity index is 380. The monoisotopic (exact) mass is 222 g/mol. The maximum absolute atomic E-state index is 12.1. The van der Waals surface area contributed by atoms with E-state index in [4.69, 9.17) is 4.42 Å². The topological polar surface area (TPSA) is 54.3 Å². The van der Waals surface area contributed by atoms with Gasteiger partial charge in [-0.05, 0) is 32.9 Å². The van der Waals surface area contributed by atoms with E-state index in [1.54, 1.807) is 6.07 Å². The molecule has 16 heavy (non-hydrogen) atoms. The lowest BCUT2D eigenvalue weighted by atomic mass is 9.68. The summed E-state index contributed by atoms with van der Waals surface area (Å²) in [6, 6.07) is 3.64. The zero-order valence-corrected chi connectivity index (χ0v) is 9.80. The van der Waals surface area contributed by atoms with E-state index in [1.165, 1.54) is 0 Å². The third-order valence-corrected chi connectivity index (χ3v) is 3.28. The standard InChI is InChI=1S/C12H18N2O2/c1-9-4-5-10(16-9)14-11(15)12(8-13-2)6-3-7-12/h4-5,13H,3,6-8H2,1-2H3,(H,14,15). The van der Waals surface area contributed by atoms with Gasteiger partial charge in [-0.25, -0.2) is 0 Å². The van der Waals surface area contributed by atoms with Gasteiger partial charge >= 0.3 is 0 Å². The van der Waals surface area contributed by atoms with Crippen LogP contribution in [0.5, 0.6) is 0 Å². The van der Waals surface area contributed by atoms with E-state index in [1.807, 2.05) is 20.0 Å². The molecule has 0 radical (unpaired) electrons. The molecule has 1 fully saturated rings. The molecule has 1 aromatic rings. The van der Waals surface area contributed by atoms with Crippen LogP contribution in [0.2, 0.25) is 0 Å². The summed E-state index contributed by atoms with van der Waals surface area (Å²) in [5, 5.41) is 5.94. The molecule has 1 aromatic heterocycles. The molecule has 0 aromatic carbocycles. The summed E-state index contributed by atoms with van der Waals surface area (Å²) in [4.78, 5) is 12.1. The Kier molecular flexibility index (Phi) is 3.01. The van der Waals surface area contributed by atoms with Gasteiger partial charge in [-0.15, -0.1) is 0 Å². The van der Waals surface area contributed by atoms with Crippen LogP contribution in [0.4, 0.5) is 5.88 Å². The second kappa shape index (κ2) is 4.29. The average Bonchev–Trinajstić information content (AvgIpc) is 2.57. The number of anilines is 1. The van der Waals surface area contributed by atoms with Crippen molar-refractivity contribution in [2.24, 2.45) is 5.41 Å². The average molecular weight is 222 g/mol. The SMILES string of the molecule is CNCC1(C(=O)Nc2ccc(C)o2)CCC1. The molecule has 0 spiro atoms. The third-order valence-electron chi connectivity index (χ3n) is 3.28. The third kappa shape index (κ3) is 1.97. The van der Waals surface area contributed by atoms with Crippen LogP contribution in [0.15, 0.2) is 16.5 Å². The lowest BCUT2D eigenvalue weighted by molar-refractivity contribution is -0.130. The van der Waals surface area contributed by atoms with Crippen molar-refractivity contribution in [3.05, 3.63) is 17.9 Å². The van der Waals surface area contributed by atoms with E-state index in [2.05, 4.69) is 10.6 Å². The molecule has 88 valence electrons. The Labute approximate surface area is 95.4 Å². The molecule has 0 atom stereocenters. The minimum absolute atomic E-state index is 0.0717. The fourth-order valence-corrected chi connectivity index (χ4v) is 2.17. The first kappa shape index (κ1) is 11.2. The summed E-state index contributed by atoms with van der Waals surface area (Å²) in [6.45, 7) is 2.60. The summed E-state index contributed by atoms with van der Waals surface area (Å²) < 4.78 is 5.34. The lowest BCUT2D eigenvalue weighted by Crippen LogP contribution is -2.48. The van der Waals surface area contributed by atoms with Crippen LogP contribution in [0.25, 0.3) is 0 Å². The molecule has 4 nitrogen and oxygen atoms in total. The molecule has 4 heteroatoms. The van der Waals surface area contributed by atoms with Gasteiger partial charge < -0.3 is 9.73 Å². The Hall–Kier alpha value is -1.29. The van der Waals surface area contributed by atoms with Crippen molar-refractivity contribution < 1.29 is 9.21 Å². The number of carbonyl (C=O) groups excluding carboxylic acids is 1. The maximum atomic E-state index is 12.1. The number of amides is 1. The molecule has 0 saturated heterocycles. The zero-order valence-electron chi connectivity index (χ0n) is 9.80. The van der Waals surface area contributed by atoms with E-state index in [-0.39, 0.29) is 11.3 Å². The Morgan fingerprint density at radius 1 is 1.50 bits per heavy atom.